The third-order valence-electron chi connectivity index (χ3n) is 6.57. The lowest BCUT2D eigenvalue weighted by Crippen LogP contribution is -2.63. The summed E-state index contributed by atoms with van der Waals surface area (Å²) in [5.74, 6) is -8.02. The molecule has 188 valence electrons. The second-order valence-electron chi connectivity index (χ2n) is 8.77. The van der Waals surface area contributed by atoms with E-state index in [0.29, 0.717) is 4.90 Å². The largest absolute Gasteiger partial charge is 0.481 e. The number of aliphatic hydroxyl groups excluding tert-OH is 1. The van der Waals surface area contributed by atoms with Gasteiger partial charge in [0.15, 0.2) is 17.2 Å². The lowest BCUT2D eigenvalue weighted by Gasteiger charge is -2.46. The molecule has 4 N–H and O–H groups in total. The van der Waals surface area contributed by atoms with Crippen molar-refractivity contribution in [2.24, 2.45) is 17.8 Å². The number of fused-ring (bicyclic) bond motifs is 1. The summed E-state index contributed by atoms with van der Waals surface area (Å²) in [6.45, 7) is 1.93. The number of carboxylic acids is 2. The summed E-state index contributed by atoms with van der Waals surface area (Å²) in [7, 11) is 0. The van der Waals surface area contributed by atoms with Gasteiger partial charge in [0.25, 0.3) is 0 Å². The van der Waals surface area contributed by atoms with Crippen molar-refractivity contribution < 1.29 is 43.3 Å². The molecular weight excluding hydrogens is 488 g/mol. The van der Waals surface area contributed by atoms with Crippen LogP contribution in [-0.2, 0) is 14.4 Å². The molecule has 7 atom stereocenters. The molecule has 0 spiro atoms. The zero-order valence-corrected chi connectivity index (χ0v) is 19.4. The fourth-order valence-corrected chi connectivity index (χ4v) is 6.46. The fraction of sp³-hybridized carbons (Fsp3) is 0.455. The number of amides is 3. The Hall–Kier alpha value is -3.19. The van der Waals surface area contributed by atoms with Crippen molar-refractivity contribution >= 4 is 41.3 Å². The van der Waals surface area contributed by atoms with Crippen LogP contribution < -0.4 is 5.32 Å². The maximum Gasteiger partial charge on any atom is 0.353 e. The Bertz CT molecular complexity index is 1120. The summed E-state index contributed by atoms with van der Waals surface area (Å²) in [5.41, 5.74) is -0.244. The lowest BCUT2D eigenvalue weighted by atomic mass is 9.79. The summed E-state index contributed by atoms with van der Waals surface area (Å²) in [5, 5.41) is 28.8. The van der Waals surface area contributed by atoms with E-state index in [2.05, 4.69) is 5.32 Å². The van der Waals surface area contributed by atoms with Gasteiger partial charge in [-0.05, 0) is 19.1 Å². The molecule has 35 heavy (non-hydrogen) atoms. The Morgan fingerprint density at radius 1 is 1.23 bits per heavy atom. The van der Waals surface area contributed by atoms with E-state index in [4.69, 9.17) is 0 Å². The van der Waals surface area contributed by atoms with Gasteiger partial charge >= 0.3 is 18.0 Å². The van der Waals surface area contributed by atoms with Gasteiger partial charge in [0.1, 0.15) is 5.70 Å². The number of hydrogen-bond donors (Lipinski definition) is 4. The molecule has 0 radical (unpaired) electrons. The molecule has 0 bridgehead atoms. The summed E-state index contributed by atoms with van der Waals surface area (Å²) >= 11 is 0.207. The number of aliphatic hydroxyl groups is 1. The van der Waals surface area contributed by atoms with Gasteiger partial charge in [-0.3, -0.25) is 14.5 Å². The average Bonchev–Trinajstić information content (AvgIpc) is 3.17. The molecular formula is C22H23F2N3O7S. The van der Waals surface area contributed by atoms with Crippen molar-refractivity contribution in [2.45, 2.75) is 37.3 Å². The molecule has 1 aromatic rings. The number of anilines is 1. The van der Waals surface area contributed by atoms with Crippen molar-refractivity contribution in [1.29, 1.82) is 0 Å². The number of β-lactam (4-membered cyclic amide) rings is 1. The van der Waals surface area contributed by atoms with E-state index in [-0.39, 0.29) is 22.4 Å². The summed E-state index contributed by atoms with van der Waals surface area (Å²) in [6.07, 6.45) is -3.63. The number of benzene rings is 1. The van der Waals surface area contributed by atoms with Crippen molar-refractivity contribution in [2.75, 3.05) is 11.9 Å². The lowest BCUT2D eigenvalue weighted by molar-refractivity contribution is -0.163. The van der Waals surface area contributed by atoms with Gasteiger partial charge in [0.2, 0.25) is 5.91 Å². The molecule has 3 amide bonds. The third-order valence-corrected chi connectivity index (χ3v) is 8.07. The molecule has 10 nitrogen and oxygen atoms in total. The predicted molar refractivity (Wildman–Crippen MR) is 119 cm³/mol. The molecule has 4 rings (SSSR count). The monoisotopic (exact) mass is 511 g/mol. The first-order valence-corrected chi connectivity index (χ1v) is 11.6. The van der Waals surface area contributed by atoms with Crippen molar-refractivity contribution in [3.05, 3.63) is 40.9 Å². The molecule has 3 aliphatic rings. The maximum absolute atomic E-state index is 16.3. The van der Waals surface area contributed by atoms with Crippen LogP contribution in [0.3, 0.4) is 0 Å². The first kappa shape index (κ1) is 24.9. The number of urea groups is 1. The molecule has 0 aliphatic carbocycles. The van der Waals surface area contributed by atoms with Crippen molar-refractivity contribution in [3.8, 4) is 0 Å². The summed E-state index contributed by atoms with van der Waals surface area (Å²) < 4.78 is 31.4. The molecule has 3 heterocycles. The van der Waals surface area contributed by atoms with Crippen molar-refractivity contribution in [3.63, 3.8) is 0 Å². The van der Waals surface area contributed by atoms with Crippen LogP contribution in [0.15, 0.2) is 40.9 Å². The third kappa shape index (κ3) is 3.92. The number of hydrogen-bond acceptors (Lipinski definition) is 6. The number of rotatable bonds is 6. The fourth-order valence-electron chi connectivity index (χ4n) is 4.94. The van der Waals surface area contributed by atoms with Crippen LogP contribution in [0.1, 0.15) is 13.8 Å². The molecule has 2 fully saturated rings. The van der Waals surface area contributed by atoms with Gasteiger partial charge < -0.3 is 25.5 Å². The molecule has 3 aliphatic heterocycles. The molecule has 0 saturated carbocycles. The van der Waals surface area contributed by atoms with Gasteiger partial charge in [-0.1, -0.05) is 36.9 Å². The second-order valence-corrected chi connectivity index (χ2v) is 10.1. The van der Waals surface area contributed by atoms with Gasteiger partial charge in [0.05, 0.1) is 24.6 Å². The van der Waals surface area contributed by atoms with E-state index in [1.54, 1.807) is 18.2 Å². The van der Waals surface area contributed by atoms with Crippen LogP contribution in [0.25, 0.3) is 0 Å². The number of carboxylic acid groups (broad SMARTS) is 2. The highest BCUT2D eigenvalue weighted by molar-refractivity contribution is 8.04. The minimum absolute atomic E-state index is 0.148. The van der Waals surface area contributed by atoms with Gasteiger partial charge in [-0.15, -0.1) is 0 Å². The molecule has 6 unspecified atom stereocenters. The Morgan fingerprint density at radius 3 is 2.40 bits per heavy atom. The van der Waals surface area contributed by atoms with Crippen LogP contribution in [0.4, 0.5) is 19.3 Å². The number of likely N-dealkylation sites (tertiary alicyclic amines) is 1. The highest BCUT2D eigenvalue weighted by Gasteiger charge is 2.65. The van der Waals surface area contributed by atoms with Crippen LogP contribution in [0, 0.1) is 17.8 Å². The number of nitrogens with one attached hydrogen (secondary N) is 1. The highest BCUT2D eigenvalue weighted by atomic mass is 32.2. The maximum atomic E-state index is 16.3. The van der Waals surface area contributed by atoms with E-state index < -0.39 is 77.3 Å². The Labute approximate surface area is 202 Å². The summed E-state index contributed by atoms with van der Waals surface area (Å²) in [6, 6.07) is 6.09. The molecule has 2 saturated heterocycles. The van der Waals surface area contributed by atoms with E-state index in [9.17, 15) is 34.5 Å². The standard InChI is InChI=1S/C22H23F2N3O7S/c1-9-14-12(10(2)28)18(29)27(14)15(20(32)33)16(9)35-22(24)8-26(17(23)13(22)19(30)31)21(34)25-11-6-4-3-5-7-11/h3-7,9-10,12-14,17,28H,8H2,1-2H3,(H,25,34)(H,30,31)(H,32,33)/t9?,10?,12?,13?,14-,17?,22?/m1/s1. The molecule has 13 heteroatoms. The second kappa shape index (κ2) is 8.79. The van der Waals surface area contributed by atoms with Crippen LogP contribution in [0.2, 0.25) is 0 Å². The number of carbonyl (C=O) groups excluding carboxylic acids is 2. The highest BCUT2D eigenvalue weighted by Crippen LogP contribution is 2.57. The first-order chi connectivity index (χ1) is 16.4. The SMILES string of the molecule is CC(O)C1C(=O)N2C(C(=O)O)=C(SC3(F)CN(C(=O)Nc4ccccc4)C(F)C3C(=O)O)C(C)[C@H]12. The van der Waals surface area contributed by atoms with E-state index >= 15 is 8.78 Å². The molecule has 1 aromatic carbocycles. The normalized spacial score (nSPS) is 32.8. The number of nitrogens with zero attached hydrogens (tertiary/aromatic N) is 2. The van der Waals surface area contributed by atoms with E-state index in [1.807, 2.05) is 0 Å². The number of para-hydroxylation sites is 1. The minimum Gasteiger partial charge on any atom is -0.481 e. The number of alkyl halides is 2. The van der Waals surface area contributed by atoms with Crippen LogP contribution in [-0.4, -0.2) is 79.0 Å². The average molecular weight is 512 g/mol. The smallest absolute Gasteiger partial charge is 0.353 e. The van der Waals surface area contributed by atoms with Crippen molar-refractivity contribution in [1.82, 2.24) is 9.80 Å². The molecule has 0 aromatic heterocycles. The van der Waals surface area contributed by atoms with Gasteiger partial charge in [-0.2, -0.15) is 0 Å². The topological polar surface area (TPSA) is 147 Å². The predicted octanol–water partition coefficient (Wildman–Crippen LogP) is 2.08. The first-order valence-electron chi connectivity index (χ1n) is 10.7. The van der Waals surface area contributed by atoms with E-state index in [0.717, 1.165) is 4.90 Å². The summed E-state index contributed by atoms with van der Waals surface area (Å²) in [4.78, 5) is 50.2. The van der Waals surface area contributed by atoms with Gasteiger partial charge in [0, 0.05) is 16.5 Å². The Morgan fingerprint density at radius 2 is 1.86 bits per heavy atom. The Kier molecular flexibility index (Phi) is 6.26. The number of carbonyl (C=O) groups is 4. The zero-order valence-electron chi connectivity index (χ0n) is 18.6. The van der Waals surface area contributed by atoms with E-state index in [1.165, 1.54) is 26.0 Å². The van der Waals surface area contributed by atoms with Gasteiger partial charge in [-0.25, -0.2) is 18.4 Å². The number of halogens is 2. The van der Waals surface area contributed by atoms with Crippen LogP contribution in [0.5, 0.6) is 0 Å². The zero-order chi connectivity index (χ0) is 25.8. The van der Waals surface area contributed by atoms with Crippen LogP contribution >= 0.6 is 11.8 Å². The Balaban J connectivity index is 1.65. The number of aliphatic carboxylic acids is 2. The number of thioether (sulfide) groups is 1. The quantitative estimate of drug-likeness (QED) is 0.335. The minimum atomic E-state index is -2.93.